The van der Waals surface area contributed by atoms with Gasteiger partial charge in [-0.2, -0.15) is 0 Å². The van der Waals surface area contributed by atoms with Crippen LogP contribution in [-0.2, 0) is 0 Å². The van der Waals surface area contributed by atoms with Crippen LogP contribution in [0.5, 0.6) is 0 Å². The molecule has 0 bridgehead atoms. The fourth-order valence-electron chi connectivity index (χ4n) is 3.15. The van der Waals surface area contributed by atoms with Crippen molar-refractivity contribution in [2.24, 2.45) is 11.8 Å². The lowest BCUT2D eigenvalue weighted by Gasteiger charge is -2.17. The minimum absolute atomic E-state index is 0.195. The highest BCUT2D eigenvalue weighted by Gasteiger charge is 2.38. The highest BCUT2D eigenvalue weighted by Crippen LogP contribution is 2.28. The Labute approximate surface area is 125 Å². The van der Waals surface area contributed by atoms with Crippen molar-refractivity contribution in [2.75, 3.05) is 26.2 Å². The number of likely N-dealkylation sites (tertiary alicyclic amines) is 1. The van der Waals surface area contributed by atoms with Gasteiger partial charge in [-0.25, -0.2) is 0 Å². The summed E-state index contributed by atoms with van der Waals surface area (Å²) in [6.45, 7) is 8.33. The Morgan fingerprint density at radius 3 is 2.35 bits per heavy atom. The summed E-state index contributed by atoms with van der Waals surface area (Å²) in [4.78, 5) is 15.8. The van der Waals surface area contributed by atoms with E-state index in [1.54, 1.807) is 0 Å². The monoisotopic (exact) mass is 290 g/mol. The molecule has 2 heterocycles. The molecule has 0 saturated carbocycles. The Balaban J connectivity index is 1.65. The highest BCUT2D eigenvalue weighted by atomic mass is 32.2. The molecule has 108 valence electrons. The van der Waals surface area contributed by atoms with Crippen molar-refractivity contribution in [1.29, 1.82) is 0 Å². The molecule has 2 atom stereocenters. The number of hydrogen-bond donors (Lipinski definition) is 1. The van der Waals surface area contributed by atoms with E-state index in [1.165, 1.54) is 4.90 Å². The summed E-state index contributed by atoms with van der Waals surface area (Å²) in [5, 5.41) is 3.98. The van der Waals surface area contributed by atoms with Gasteiger partial charge in [0.25, 0.3) is 5.91 Å². The van der Waals surface area contributed by atoms with E-state index >= 15 is 0 Å². The molecule has 1 N–H and O–H groups in total. The van der Waals surface area contributed by atoms with Gasteiger partial charge in [0.05, 0.1) is 0 Å². The molecule has 0 spiro atoms. The van der Waals surface area contributed by atoms with Crippen LogP contribution in [0.1, 0.15) is 24.2 Å². The van der Waals surface area contributed by atoms with Crippen LogP contribution in [0, 0.1) is 11.8 Å². The van der Waals surface area contributed by atoms with Crippen LogP contribution in [0.3, 0.4) is 0 Å². The van der Waals surface area contributed by atoms with E-state index in [-0.39, 0.29) is 5.91 Å². The van der Waals surface area contributed by atoms with Gasteiger partial charge in [-0.15, -0.1) is 11.8 Å². The molecule has 0 aliphatic carbocycles. The SMILES string of the molecule is CC(C)Sc1ccc(C(=O)N2C[C@H]3CNC[C@H]3C2)cc1. The van der Waals surface area contributed by atoms with E-state index in [0.717, 1.165) is 31.7 Å². The Bertz CT molecular complexity index is 474. The maximum atomic E-state index is 12.5. The maximum absolute atomic E-state index is 12.5. The van der Waals surface area contributed by atoms with Gasteiger partial charge in [-0.05, 0) is 36.1 Å². The second kappa shape index (κ2) is 5.78. The predicted molar refractivity (Wildman–Crippen MR) is 83.2 cm³/mol. The number of nitrogens with one attached hydrogen (secondary N) is 1. The van der Waals surface area contributed by atoms with Crippen molar-refractivity contribution in [1.82, 2.24) is 10.2 Å². The lowest BCUT2D eigenvalue weighted by molar-refractivity contribution is 0.0781. The first-order valence-electron chi connectivity index (χ1n) is 7.40. The number of carbonyl (C=O) groups excluding carboxylic acids is 1. The fourth-order valence-corrected chi connectivity index (χ4v) is 3.99. The van der Waals surface area contributed by atoms with Crippen molar-refractivity contribution < 1.29 is 4.79 Å². The normalized spacial score (nSPS) is 25.2. The smallest absolute Gasteiger partial charge is 0.253 e. The van der Waals surface area contributed by atoms with E-state index in [2.05, 4.69) is 31.3 Å². The molecule has 1 amide bonds. The number of nitrogens with zero attached hydrogens (tertiary/aromatic N) is 1. The van der Waals surface area contributed by atoms with Gasteiger partial charge in [-0.1, -0.05) is 13.8 Å². The fraction of sp³-hybridized carbons (Fsp3) is 0.562. The van der Waals surface area contributed by atoms with E-state index < -0.39 is 0 Å². The summed E-state index contributed by atoms with van der Waals surface area (Å²) in [5.74, 6) is 1.52. The molecule has 2 saturated heterocycles. The molecule has 4 heteroatoms. The third-order valence-corrected chi connectivity index (χ3v) is 5.17. The average molecular weight is 290 g/mol. The molecule has 2 fully saturated rings. The maximum Gasteiger partial charge on any atom is 0.253 e. The highest BCUT2D eigenvalue weighted by molar-refractivity contribution is 7.99. The minimum Gasteiger partial charge on any atom is -0.338 e. The Kier molecular flexibility index (Phi) is 4.03. The molecule has 0 unspecified atom stereocenters. The molecule has 2 aliphatic rings. The van der Waals surface area contributed by atoms with E-state index in [4.69, 9.17) is 0 Å². The van der Waals surface area contributed by atoms with Crippen LogP contribution in [0.2, 0.25) is 0 Å². The minimum atomic E-state index is 0.195. The molecule has 1 aromatic carbocycles. The molecular weight excluding hydrogens is 268 g/mol. The molecule has 1 aromatic rings. The van der Waals surface area contributed by atoms with E-state index in [9.17, 15) is 4.79 Å². The number of rotatable bonds is 3. The Morgan fingerprint density at radius 2 is 1.80 bits per heavy atom. The van der Waals surface area contributed by atoms with Crippen LogP contribution in [0.25, 0.3) is 0 Å². The van der Waals surface area contributed by atoms with Gasteiger partial charge in [-0.3, -0.25) is 4.79 Å². The van der Waals surface area contributed by atoms with Crippen molar-refractivity contribution >= 4 is 17.7 Å². The number of hydrogen-bond acceptors (Lipinski definition) is 3. The van der Waals surface area contributed by atoms with Crippen molar-refractivity contribution in [3.05, 3.63) is 29.8 Å². The van der Waals surface area contributed by atoms with Gasteiger partial charge in [0.1, 0.15) is 0 Å². The molecular formula is C16H22N2OS. The lowest BCUT2D eigenvalue weighted by atomic mass is 10.0. The first kappa shape index (κ1) is 14.0. The van der Waals surface area contributed by atoms with Crippen molar-refractivity contribution in [2.45, 2.75) is 24.0 Å². The zero-order valence-corrected chi connectivity index (χ0v) is 13.0. The standard InChI is InChI=1S/C16H22N2OS/c1-11(2)20-15-5-3-12(4-6-15)16(19)18-9-13-7-17-8-14(13)10-18/h3-6,11,13-14,17H,7-10H2,1-2H3/t13-,14+. The van der Waals surface area contributed by atoms with Crippen LogP contribution >= 0.6 is 11.8 Å². The third kappa shape index (κ3) is 2.86. The van der Waals surface area contributed by atoms with Gasteiger partial charge >= 0.3 is 0 Å². The Hall–Kier alpha value is -1.00. The van der Waals surface area contributed by atoms with Crippen molar-refractivity contribution in [3.8, 4) is 0 Å². The summed E-state index contributed by atoms with van der Waals surface area (Å²) in [5.41, 5.74) is 0.825. The first-order valence-corrected chi connectivity index (χ1v) is 8.28. The molecule has 0 aromatic heterocycles. The van der Waals surface area contributed by atoms with Crippen LogP contribution < -0.4 is 5.32 Å². The number of fused-ring (bicyclic) bond motifs is 1. The number of carbonyl (C=O) groups is 1. The topological polar surface area (TPSA) is 32.3 Å². The summed E-state index contributed by atoms with van der Waals surface area (Å²) in [7, 11) is 0. The zero-order chi connectivity index (χ0) is 14.1. The van der Waals surface area contributed by atoms with Crippen LogP contribution in [0.4, 0.5) is 0 Å². The third-order valence-electron chi connectivity index (χ3n) is 4.15. The van der Waals surface area contributed by atoms with Gasteiger partial charge in [0.15, 0.2) is 0 Å². The van der Waals surface area contributed by atoms with E-state index in [1.807, 2.05) is 28.8 Å². The average Bonchev–Trinajstić information content (AvgIpc) is 2.98. The Morgan fingerprint density at radius 1 is 1.20 bits per heavy atom. The second-order valence-electron chi connectivity index (χ2n) is 6.08. The lowest BCUT2D eigenvalue weighted by Crippen LogP contribution is -2.31. The van der Waals surface area contributed by atoms with Gasteiger partial charge in [0.2, 0.25) is 0 Å². The van der Waals surface area contributed by atoms with Gasteiger partial charge in [0, 0.05) is 41.9 Å². The van der Waals surface area contributed by atoms with Crippen molar-refractivity contribution in [3.63, 3.8) is 0 Å². The largest absolute Gasteiger partial charge is 0.338 e. The van der Waals surface area contributed by atoms with E-state index in [0.29, 0.717) is 17.1 Å². The molecule has 3 rings (SSSR count). The zero-order valence-electron chi connectivity index (χ0n) is 12.1. The van der Waals surface area contributed by atoms with Crippen LogP contribution in [0.15, 0.2) is 29.2 Å². The van der Waals surface area contributed by atoms with Crippen LogP contribution in [-0.4, -0.2) is 42.2 Å². The summed E-state index contributed by atoms with van der Waals surface area (Å²) < 4.78 is 0. The molecule has 3 nitrogen and oxygen atoms in total. The number of amides is 1. The number of thioether (sulfide) groups is 1. The summed E-state index contributed by atoms with van der Waals surface area (Å²) in [6, 6.07) is 8.07. The molecule has 2 aliphatic heterocycles. The quantitative estimate of drug-likeness (QED) is 0.868. The second-order valence-corrected chi connectivity index (χ2v) is 7.73. The first-order chi connectivity index (χ1) is 9.63. The molecule has 20 heavy (non-hydrogen) atoms. The summed E-state index contributed by atoms with van der Waals surface area (Å²) >= 11 is 1.83. The number of benzene rings is 1. The van der Waals surface area contributed by atoms with Gasteiger partial charge < -0.3 is 10.2 Å². The predicted octanol–water partition coefficient (Wildman–Crippen LogP) is 2.48. The molecule has 0 radical (unpaired) electrons. The summed E-state index contributed by atoms with van der Waals surface area (Å²) in [6.07, 6.45) is 0.